The van der Waals surface area contributed by atoms with E-state index in [9.17, 15) is 9.59 Å². The fourth-order valence-electron chi connectivity index (χ4n) is 3.75. The molecule has 0 bridgehead atoms. The molecule has 0 unspecified atom stereocenters. The van der Waals surface area contributed by atoms with Crippen molar-refractivity contribution in [3.8, 4) is 11.5 Å². The lowest BCUT2D eigenvalue weighted by Crippen LogP contribution is -2.41. The summed E-state index contributed by atoms with van der Waals surface area (Å²) in [5.41, 5.74) is 1.71. The van der Waals surface area contributed by atoms with Crippen LogP contribution >= 0.6 is 0 Å². The maximum atomic E-state index is 12.8. The summed E-state index contributed by atoms with van der Waals surface area (Å²) in [6.07, 6.45) is 0.794. The van der Waals surface area contributed by atoms with Gasteiger partial charge in [-0.25, -0.2) is 0 Å². The van der Waals surface area contributed by atoms with Gasteiger partial charge in [0.25, 0.3) is 11.8 Å². The number of rotatable bonds is 5. The SMILES string of the molecule is CC1(C)Cc2cccc(OCC(=O)Nc3ccccc3C(=O)N3CCOCC3)c2O1. The topological polar surface area (TPSA) is 77.1 Å². The molecule has 0 aliphatic carbocycles. The minimum Gasteiger partial charge on any atom is -0.483 e. The van der Waals surface area contributed by atoms with E-state index in [1.165, 1.54) is 0 Å². The van der Waals surface area contributed by atoms with Crippen LogP contribution in [-0.2, 0) is 16.0 Å². The second kappa shape index (κ2) is 8.36. The van der Waals surface area contributed by atoms with Gasteiger partial charge in [-0.05, 0) is 32.0 Å². The summed E-state index contributed by atoms with van der Waals surface area (Å²) in [6, 6.07) is 12.7. The van der Waals surface area contributed by atoms with Crippen molar-refractivity contribution in [1.82, 2.24) is 4.90 Å². The van der Waals surface area contributed by atoms with Crippen LogP contribution in [0.4, 0.5) is 5.69 Å². The highest BCUT2D eigenvalue weighted by atomic mass is 16.5. The lowest BCUT2D eigenvalue weighted by Gasteiger charge is -2.27. The number of amides is 2. The number of hydrogen-bond acceptors (Lipinski definition) is 5. The zero-order chi connectivity index (χ0) is 21.1. The van der Waals surface area contributed by atoms with Crippen LogP contribution in [0.1, 0.15) is 29.8 Å². The maximum absolute atomic E-state index is 12.8. The van der Waals surface area contributed by atoms with E-state index in [1.807, 2.05) is 26.0 Å². The third-order valence-corrected chi connectivity index (χ3v) is 5.14. The van der Waals surface area contributed by atoms with Crippen LogP contribution in [0.3, 0.4) is 0 Å². The Balaban J connectivity index is 1.41. The maximum Gasteiger partial charge on any atom is 0.262 e. The van der Waals surface area contributed by atoms with E-state index in [0.717, 1.165) is 12.0 Å². The van der Waals surface area contributed by atoms with Crippen molar-refractivity contribution in [2.45, 2.75) is 25.9 Å². The van der Waals surface area contributed by atoms with Gasteiger partial charge < -0.3 is 24.4 Å². The number of anilines is 1. The summed E-state index contributed by atoms with van der Waals surface area (Å²) >= 11 is 0. The third-order valence-electron chi connectivity index (χ3n) is 5.14. The van der Waals surface area contributed by atoms with E-state index in [2.05, 4.69) is 5.32 Å². The van der Waals surface area contributed by atoms with Gasteiger partial charge in [-0.1, -0.05) is 24.3 Å². The largest absolute Gasteiger partial charge is 0.483 e. The number of carbonyl (C=O) groups excluding carboxylic acids is 2. The number of morpholine rings is 1. The average Bonchev–Trinajstić information content (AvgIpc) is 3.07. The molecule has 2 amide bonds. The van der Waals surface area contributed by atoms with Crippen LogP contribution < -0.4 is 14.8 Å². The zero-order valence-corrected chi connectivity index (χ0v) is 17.3. The Bertz CT molecular complexity index is 950. The van der Waals surface area contributed by atoms with Crippen LogP contribution in [0.15, 0.2) is 42.5 Å². The van der Waals surface area contributed by atoms with Crippen molar-refractivity contribution in [2.75, 3.05) is 38.2 Å². The van der Waals surface area contributed by atoms with Gasteiger partial charge in [-0.3, -0.25) is 9.59 Å². The molecule has 7 nitrogen and oxygen atoms in total. The summed E-state index contributed by atoms with van der Waals surface area (Å²) in [5, 5.41) is 2.80. The normalized spacial score (nSPS) is 17.1. The number of fused-ring (bicyclic) bond motifs is 1. The van der Waals surface area contributed by atoms with E-state index in [1.54, 1.807) is 35.2 Å². The predicted octanol–water partition coefficient (Wildman–Crippen LogP) is 2.89. The second-order valence-electron chi connectivity index (χ2n) is 8.07. The molecule has 1 N–H and O–H groups in total. The van der Waals surface area contributed by atoms with E-state index in [4.69, 9.17) is 14.2 Å². The quantitative estimate of drug-likeness (QED) is 0.820. The lowest BCUT2D eigenvalue weighted by molar-refractivity contribution is -0.118. The molecule has 0 radical (unpaired) electrons. The van der Waals surface area contributed by atoms with E-state index in [0.29, 0.717) is 49.1 Å². The van der Waals surface area contributed by atoms with Crippen molar-refractivity contribution >= 4 is 17.5 Å². The molecular formula is C23H26N2O5. The van der Waals surface area contributed by atoms with Gasteiger partial charge >= 0.3 is 0 Å². The third kappa shape index (κ3) is 4.41. The van der Waals surface area contributed by atoms with Crippen LogP contribution in [0.25, 0.3) is 0 Å². The van der Waals surface area contributed by atoms with Gasteiger partial charge in [0.2, 0.25) is 0 Å². The number of nitrogens with zero attached hydrogens (tertiary/aromatic N) is 1. The Morgan fingerprint density at radius 1 is 1.10 bits per heavy atom. The molecule has 2 heterocycles. The Morgan fingerprint density at radius 3 is 2.67 bits per heavy atom. The number of nitrogens with one attached hydrogen (secondary N) is 1. The smallest absolute Gasteiger partial charge is 0.262 e. The fraction of sp³-hybridized carbons (Fsp3) is 0.391. The molecule has 158 valence electrons. The molecule has 2 aromatic carbocycles. The van der Waals surface area contributed by atoms with Crippen LogP contribution in [0.5, 0.6) is 11.5 Å². The molecule has 2 aliphatic heterocycles. The van der Waals surface area contributed by atoms with Crippen molar-refractivity contribution in [1.29, 1.82) is 0 Å². The fourth-order valence-corrected chi connectivity index (χ4v) is 3.75. The van der Waals surface area contributed by atoms with E-state index >= 15 is 0 Å². The summed E-state index contributed by atoms with van der Waals surface area (Å²) in [7, 11) is 0. The molecule has 4 rings (SSSR count). The highest BCUT2D eigenvalue weighted by Gasteiger charge is 2.32. The number of para-hydroxylation sites is 2. The van der Waals surface area contributed by atoms with Crippen LogP contribution in [0.2, 0.25) is 0 Å². The van der Waals surface area contributed by atoms with E-state index < -0.39 is 0 Å². The summed E-state index contributed by atoms with van der Waals surface area (Å²) in [5.74, 6) is 0.780. The predicted molar refractivity (Wildman–Crippen MR) is 112 cm³/mol. The van der Waals surface area contributed by atoms with Crippen molar-refractivity contribution < 1.29 is 23.8 Å². The van der Waals surface area contributed by atoms with Gasteiger partial charge in [0.05, 0.1) is 24.5 Å². The number of carbonyl (C=O) groups is 2. The standard InChI is InChI=1S/C23H26N2O5/c1-23(2)14-16-6-5-9-19(21(16)30-23)29-15-20(26)24-18-8-4-3-7-17(18)22(27)25-10-12-28-13-11-25/h3-9H,10-15H2,1-2H3,(H,24,26). The molecule has 0 aromatic heterocycles. The second-order valence-corrected chi connectivity index (χ2v) is 8.07. The molecule has 0 saturated carbocycles. The Hall–Kier alpha value is -3.06. The Labute approximate surface area is 175 Å². The summed E-state index contributed by atoms with van der Waals surface area (Å²) < 4.78 is 17.0. The Kier molecular flexibility index (Phi) is 5.63. The number of ether oxygens (including phenoxy) is 3. The first-order chi connectivity index (χ1) is 14.4. The number of benzene rings is 2. The molecule has 1 fully saturated rings. The monoisotopic (exact) mass is 410 g/mol. The minimum absolute atomic E-state index is 0.119. The van der Waals surface area contributed by atoms with Crippen molar-refractivity contribution in [2.24, 2.45) is 0 Å². The first-order valence-electron chi connectivity index (χ1n) is 10.1. The van der Waals surface area contributed by atoms with Crippen molar-refractivity contribution in [3.63, 3.8) is 0 Å². The molecule has 0 spiro atoms. The van der Waals surface area contributed by atoms with Gasteiger partial charge in [0.15, 0.2) is 18.1 Å². The summed E-state index contributed by atoms with van der Waals surface area (Å²) in [4.78, 5) is 27.1. The molecule has 1 saturated heterocycles. The lowest BCUT2D eigenvalue weighted by atomic mass is 10.0. The minimum atomic E-state index is -0.341. The van der Waals surface area contributed by atoms with Crippen LogP contribution in [-0.4, -0.2) is 55.2 Å². The van der Waals surface area contributed by atoms with Gasteiger partial charge in [0, 0.05) is 25.1 Å². The van der Waals surface area contributed by atoms with Gasteiger partial charge in [-0.2, -0.15) is 0 Å². The van der Waals surface area contributed by atoms with Gasteiger partial charge in [0.1, 0.15) is 5.60 Å². The first kappa shape index (κ1) is 20.2. The molecule has 2 aliphatic rings. The van der Waals surface area contributed by atoms with Gasteiger partial charge in [-0.15, -0.1) is 0 Å². The molecular weight excluding hydrogens is 384 g/mol. The zero-order valence-electron chi connectivity index (χ0n) is 17.3. The molecule has 0 atom stereocenters. The average molecular weight is 410 g/mol. The molecule has 2 aromatic rings. The van der Waals surface area contributed by atoms with E-state index in [-0.39, 0.29) is 24.0 Å². The molecule has 30 heavy (non-hydrogen) atoms. The highest BCUT2D eigenvalue weighted by molar-refractivity contribution is 6.04. The highest BCUT2D eigenvalue weighted by Crippen LogP contribution is 2.41. The van der Waals surface area contributed by atoms with Crippen molar-refractivity contribution in [3.05, 3.63) is 53.6 Å². The molecule has 7 heteroatoms. The van der Waals surface area contributed by atoms with Crippen LogP contribution in [0, 0.1) is 0 Å². The number of hydrogen-bond donors (Lipinski definition) is 1. The Morgan fingerprint density at radius 2 is 1.87 bits per heavy atom. The summed E-state index contributed by atoms with van der Waals surface area (Å²) in [6.45, 7) is 5.99. The first-order valence-corrected chi connectivity index (χ1v) is 10.1.